The number of aromatic amines is 1. The molecule has 1 aliphatic rings. The monoisotopic (exact) mass is 504 g/mol. The summed E-state index contributed by atoms with van der Waals surface area (Å²) in [7, 11) is 1.98. The van der Waals surface area contributed by atoms with E-state index in [1.54, 1.807) is 0 Å². The van der Waals surface area contributed by atoms with Gasteiger partial charge in [0.1, 0.15) is 18.9 Å². The summed E-state index contributed by atoms with van der Waals surface area (Å²) in [6.45, 7) is 16.9. The third-order valence-electron chi connectivity index (χ3n) is 4.55. The van der Waals surface area contributed by atoms with Crippen molar-refractivity contribution in [3.8, 4) is 0 Å². The molecule has 0 atom stereocenters. The molecule has 1 aromatic rings. The third kappa shape index (κ3) is 14.5. The van der Waals surface area contributed by atoms with Crippen molar-refractivity contribution < 1.29 is 23.9 Å². The number of hydrogen-bond donors (Lipinski definition) is 1. The van der Waals surface area contributed by atoms with E-state index in [0.717, 1.165) is 18.7 Å². The molecule has 0 saturated heterocycles. The Morgan fingerprint density at radius 1 is 1.19 bits per heavy atom. The van der Waals surface area contributed by atoms with Crippen LogP contribution in [0.3, 0.4) is 0 Å². The standard InChI is InChI=1S/C13H16N4O4.C10H18N2O.C2H6/c18-11-5-6-12(19)17(11)7-3-1-2-4-13(20)21-9-10-8-14-16-15-10;1-6-12(5)7-10(11-4)8-13-9(2)3;1-2/h5-6,8H,1-4,7,9H2,(H,14,15,16);7H,2,4,6,8H2,1,3,5H3;1-2H3/b;10-7-;. The maximum atomic E-state index is 11.5. The van der Waals surface area contributed by atoms with Gasteiger partial charge in [0.15, 0.2) is 0 Å². The number of ether oxygens (including phenoxy) is 2. The van der Waals surface area contributed by atoms with Gasteiger partial charge in [-0.1, -0.05) is 26.8 Å². The van der Waals surface area contributed by atoms with Crippen molar-refractivity contribution in [3.05, 3.63) is 48.3 Å². The van der Waals surface area contributed by atoms with Crippen molar-refractivity contribution in [2.45, 2.75) is 60.0 Å². The van der Waals surface area contributed by atoms with Crippen LogP contribution in [-0.4, -0.2) is 76.5 Å². The number of aliphatic imine (C=N–C) groups is 1. The van der Waals surface area contributed by atoms with Gasteiger partial charge >= 0.3 is 5.97 Å². The highest BCUT2D eigenvalue weighted by Gasteiger charge is 2.22. The molecule has 0 saturated carbocycles. The van der Waals surface area contributed by atoms with Gasteiger partial charge in [-0.05, 0) is 33.4 Å². The average molecular weight is 505 g/mol. The lowest BCUT2D eigenvalue weighted by molar-refractivity contribution is -0.145. The van der Waals surface area contributed by atoms with Crippen molar-refractivity contribution in [3.63, 3.8) is 0 Å². The Hall–Kier alpha value is -3.76. The first kappa shape index (κ1) is 32.2. The normalized spacial score (nSPS) is 12.2. The van der Waals surface area contributed by atoms with Gasteiger partial charge in [-0.2, -0.15) is 15.4 Å². The fourth-order valence-electron chi connectivity index (χ4n) is 2.56. The summed E-state index contributed by atoms with van der Waals surface area (Å²) in [6, 6.07) is 0. The number of amides is 2. The summed E-state index contributed by atoms with van der Waals surface area (Å²) < 4.78 is 10.2. The molecule has 0 fully saturated rings. The first-order valence-electron chi connectivity index (χ1n) is 12.0. The molecular formula is C25H40N6O5. The lowest BCUT2D eigenvalue weighted by atomic mass is 10.2. The van der Waals surface area contributed by atoms with Crippen molar-refractivity contribution in [2.24, 2.45) is 4.99 Å². The van der Waals surface area contributed by atoms with Crippen LogP contribution in [0.15, 0.2) is 47.6 Å². The average Bonchev–Trinajstić information content (AvgIpc) is 3.51. The Kier molecular flexibility index (Phi) is 17.5. The molecule has 0 spiro atoms. The Balaban J connectivity index is 0.000000706. The number of imide groups is 1. The van der Waals surface area contributed by atoms with Crippen molar-refractivity contribution >= 4 is 24.5 Å². The molecule has 0 bridgehead atoms. The molecule has 0 unspecified atom stereocenters. The molecule has 2 rings (SSSR count). The fourth-order valence-corrected chi connectivity index (χ4v) is 2.56. The number of allylic oxidation sites excluding steroid dienone is 1. The van der Waals surface area contributed by atoms with E-state index >= 15 is 0 Å². The SMILES string of the molecule is C=N/C(=C\N(C)CC)COC(=C)C.CC.O=C(CCCCCN1C(=O)C=CC1=O)OCc1cn[nH]n1. The van der Waals surface area contributed by atoms with Crippen LogP contribution in [0.25, 0.3) is 0 Å². The topological polar surface area (TPSA) is 130 Å². The fraction of sp³-hybridized carbons (Fsp3) is 0.520. The lowest BCUT2D eigenvalue weighted by Gasteiger charge is -2.12. The highest BCUT2D eigenvalue weighted by Crippen LogP contribution is 2.08. The number of carbonyl (C=O) groups excluding carboxylic acids is 3. The van der Waals surface area contributed by atoms with Gasteiger partial charge in [0.05, 0.1) is 17.7 Å². The van der Waals surface area contributed by atoms with E-state index in [9.17, 15) is 14.4 Å². The molecule has 2 amide bonds. The van der Waals surface area contributed by atoms with Crippen LogP contribution in [0.4, 0.5) is 0 Å². The molecule has 2 heterocycles. The number of esters is 1. The minimum absolute atomic E-state index is 0.109. The summed E-state index contributed by atoms with van der Waals surface area (Å²) in [6.07, 6.45) is 8.32. The number of aromatic nitrogens is 3. The van der Waals surface area contributed by atoms with Gasteiger partial charge in [-0.15, -0.1) is 0 Å². The molecule has 36 heavy (non-hydrogen) atoms. The summed E-state index contributed by atoms with van der Waals surface area (Å²) >= 11 is 0. The molecule has 1 N–H and O–H groups in total. The van der Waals surface area contributed by atoms with Crippen LogP contribution in [0.2, 0.25) is 0 Å². The van der Waals surface area contributed by atoms with Crippen LogP contribution < -0.4 is 0 Å². The zero-order valence-corrected chi connectivity index (χ0v) is 22.2. The minimum atomic E-state index is -0.298. The highest BCUT2D eigenvalue weighted by atomic mass is 16.5. The van der Waals surface area contributed by atoms with E-state index in [4.69, 9.17) is 9.47 Å². The van der Waals surface area contributed by atoms with Crippen LogP contribution >= 0.6 is 0 Å². The second-order valence-corrected chi connectivity index (χ2v) is 7.44. The van der Waals surface area contributed by atoms with Gasteiger partial charge in [0.2, 0.25) is 0 Å². The van der Waals surface area contributed by atoms with Crippen LogP contribution in [0, 0.1) is 0 Å². The molecule has 0 aliphatic carbocycles. The first-order valence-corrected chi connectivity index (χ1v) is 12.0. The predicted octanol–water partition coefficient (Wildman–Crippen LogP) is 3.39. The number of nitrogens with one attached hydrogen (secondary N) is 1. The number of H-pyrrole nitrogens is 1. The van der Waals surface area contributed by atoms with Gasteiger partial charge in [-0.3, -0.25) is 24.3 Å². The number of hydrogen-bond acceptors (Lipinski definition) is 9. The van der Waals surface area contributed by atoms with E-state index < -0.39 is 0 Å². The maximum absolute atomic E-state index is 11.5. The van der Waals surface area contributed by atoms with E-state index in [0.29, 0.717) is 43.9 Å². The lowest BCUT2D eigenvalue weighted by Crippen LogP contribution is -2.30. The zero-order valence-electron chi connectivity index (χ0n) is 22.2. The predicted molar refractivity (Wildman–Crippen MR) is 139 cm³/mol. The van der Waals surface area contributed by atoms with Crippen LogP contribution in [-0.2, 0) is 30.5 Å². The molecule has 1 aromatic heterocycles. The van der Waals surface area contributed by atoms with E-state index in [1.807, 2.05) is 38.9 Å². The summed E-state index contributed by atoms with van der Waals surface area (Å²) in [5.41, 5.74) is 1.38. The number of unbranched alkanes of at least 4 members (excludes halogenated alkanes) is 2. The maximum Gasteiger partial charge on any atom is 0.306 e. The quantitative estimate of drug-likeness (QED) is 0.134. The Morgan fingerprint density at radius 3 is 2.39 bits per heavy atom. The number of rotatable bonds is 14. The van der Waals surface area contributed by atoms with Crippen LogP contribution in [0.5, 0.6) is 0 Å². The number of carbonyl (C=O) groups is 3. The van der Waals surface area contributed by atoms with Crippen molar-refractivity contribution in [1.29, 1.82) is 0 Å². The Labute approximate surface area is 213 Å². The third-order valence-corrected chi connectivity index (χ3v) is 4.55. The second-order valence-electron chi connectivity index (χ2n) is 7.44. The van der Waals surface area contributed by atoms with Gasteiger partial charge < -0.3 is 14.4 Å². The van der Waals surface area contributed by atoms with Crippen molar-refractivity contribution in [2.75, 3.05) is 26.7 Å². The van der Waals surface area contributed by atoms with Crippen LogP contribution in [0.1, 0.15) is 59.1 Å². The zero-order chi connectivity index (χ0) is 27.3. The minimum Gasteiger partial charge on any atom is -0.493 e. The van der Waals surface area contributed by atoms with Gasteiger partial charge in [0, 0.05) is 44.9 Å². The summed E-state index contributed by atoms with van der Waals surface area (Å²) in [5, 5.41) is 9.80. The smallest absolute Gasteiger partial charge is 0.306 e. The largest absolute Gasteiger partial charge is 0.493 e. The summed E-state index contributed by atoms with van der Waals surface area (Å²) in [4.78, 5) is 41.1. The second kappa shape index (κ2) is 19.5. The molecule has 11 heteroatoms. The van der Waals surface area contributed by atoms with Gasteiger partial charge in [0.25, 0.3) is 11.8 Å². The molecule has 0 radical (unpaired) electrons. The van der Waals surface area contributed by atoms with E-state index in [-0.39, 0.29) is 24.4 Å². The molecule has 200 valence electrons. The van der Waals surface area contributed by atoms with E-state index in [1.165, 1.54) is 23.2 Å². The molecule has 1 aliphatic heterocycles. The van der Waals surface area contributed by atoms with Gasteiger partial charge in [-0.25, -0.2) is 0 Å². The molecule has 0 aromatic carbocycles. The van der Waals surface area contributed by atoms with Crippen molar-refractivity contribution in [1.82, 2.24) is 25.2 Å². The Bertz CT molecular complexity index is 862. The first-order chi connectivity index (χ1) is 17.3. The van der Waals surface area contributed by atoms with E-state index in [2.05, 4.69) is 40.6 Å². The summed E-state index contributed by atoms with van der Waals surface area (Å²) in [5.74, 6) is -0.152. The molecular weight excluding hydrogens is 464 g/mol. The Morgan fingerprint density at radius 2 is 1.86 bits per heavy atom. The molecule has 11 nitrogen and oxygen atoms in total. The highest BCUT2D eigenvalue weighted by molar-refractivity contribution is 6.12. The number of nitrogens with zero attached hydrogens (tertiary/aromatic N) is 5.